The molecule has 19 heavy (non-hydrogen) atoms. The van der Waals surface area contributed by atoms with E-state index in [9.17, 15) is 4.79 Å². The molecule has 2 N–H and O–H groups in total. The lowest BCUT2D eigenvalue weighted by Gasteiger charge is -2.40. The summed E-state index contributed by atoms with van der Waals surface area (Å²) in [7, 11) is 1.69. The first kappa shape index (κ1) is 14.8. The number of methoxy groups -OCH3 is 1. The maximum atomic E-state index is 12.2. The number of nitrogens with one attached hydrogen (secondary N) is 2. The molecule has 4 nitrogen and oxygen atoms in total. The first-order valence-electron chi connectivity index (χ1n) is 7.76. The lowest BCUT2D eigenvalue weighted by Crippen LogP contribution is -2.56. The van der Waals surface area contributed by atoms with E-state index in [-0.39, 0.29) is 18.0 Å². The summed E-state index contributed by atoms with van der Waals surface area (Å²) in [6, 6.07) is 0.787. The predicted molar refractivity (Wildman–Crippen MR) is 76.0 cm³/mol. The maximum absolute atomic E-state index is 12.2. The first-order valence-corrected chi connectivity index (χ1v) is 7.76. The second-order valence-electron chi connectivity index (χ2n) is 6.14. The molecule has 0 aromatic rings. The quantitative estimate of drug-likeness (QED) is 0.800. The Hall–Kier alpha value is -0.610. The molecule has 4 atom stereocenters. The molecule has 2 fully saturated rings. The Morgan fingerprint density at radius 1 is 1.32 bits per heavy atom. The fourth-order valence-corrected chi connectivity index (χ4v) is 3.41. The van der Waals surface area contributed by atoms with Crippen LogP contribution in [-0.4, -0.2) is 37.7 Å². The van der Waals surface area contributed by atoms with Crippen molar-refractivity contribution in [1.82, 2.24) is 10.6 Å². The van der Waals surface area contributed by atoms with Crippen LogP contribution >= 0.6 is 0 Å². The van der Waals surface area contributed by atoms with Gasteiger partial charge in [0.1, 0.15) is 0 Å². The van der Waals surface area contributed by atoms with Crippen molar-refractivity contribution in [2.24, 2.45) is 5.92 Å². The van der Waals surface area contributed by atoms with Crippen molar-refractivity contribution in [1.29, 1.82) is 0 Å². The van der Waals surface area contributed by atoms with Crippen LogP contribution in [0.2, 0.25) is 0 Å². The molecule has 0 aromatic carbocycles. The van der Waals surface area contributed by atoms with Crippen LogP contribution < -0.4 is 10.6 Å². The summed E-state index contributed by atoms with van der Waals surface area (Å²) in [5.41, 5.74) is 0. The van der Waals surface area contributed by atoms with Crippen molar-refractivity contribution in [2.45, 2.75) is 70.0 Å². The monoisotopic (exact) mass is 268 g/mol. The third-order valence-corrected chi connectivity index (χ3v) is 4.61. The Labute approximate surface area is 116 Å². The summed E-state index contributed by atoms with van der Waals surface area (Å²) >= 11 is 0. The molecule has 1 saturated carbocycles. The molecule has 0 spiro atoms. The Bertz CT molecular complexity index is 296. The molecule has 0 radical (unpaired) electrons. The van der Waals surface area contributed by atoms with E-state index in [0.717, 1.165) is 18.8 Å². The third-order valence-electron chi connectivity index (χ3n) is 4.61. The highest BCUT2D eigenvalue weighted by molar-refractivity contribution is 5.82. The van der Waals surface area contributed by atoms with Gasteiger partial charge in [0.25, 0.3) is 0 Å². The van der Waals surface area contributed by atoms with Crippen LogP contribution in [0.25, 0.3) is 0 Å². The number of amides is 1. The van der Waals surface area contributed by atoms with Gasteiger partial charge in [0.05, 0.1) is 6.04 Å². The topological polar surface area (TPSA) is 50.4 Å². The van der Waals surface area contributed by atoms with Crippen molar-refractivity contribution in [3.8, 4) is 0 Å². The molecule has 1 heterocycles. The minimum atomic E-state index is 0.0179. The number of carbonyl (C=O) groups is 1. The van der Waals surface area contributed by atoms with Gasteiger partial charge in [0.15, 0.2) is 0 Å². The zero-order chi connectivity index (χ0) is 13.7. The number of fused-ring (bicyclic) bond motifs is 1. The van der Waals surface area contributed by atoms with Gasteiger partial charge in [-0.25, -0.2) is 0 Å². The van der Waals surface area contributed by atoms with Crippen LogP contribution in [-0.2, 0) is 9.53 Å². The summed E-state index contributed by atoms with van der Waals surface area (Å²) < 4.78 is 5.04. The van der Waals surface area contributed by atoms with Gasteiger partial charge in [-0.1, -0.05) is 12.8 Å². The summed E-state index contributed by atoms with van der Waals surface area (Å²) in [6.07, 6.45) is 8.34. The van der Waals surface area contributed by atoms with Crippen molar-refractivity contribution in [2.75, 3.05) is 13.7 Å². The second-order valence-corrected chi connectivity index (χ2v) is 6.14. The lowest BCUT2D eigenvalue weighted by atomic mass is 9.77. The molecule has 4 heteroatoms. The summed E-state index contributed by atoms with van der Waals surface area (Å²) in [5, 5.41) is 6.67. The number of rotatable bonds is 5. The average Bonchev–Trinajstić information content (AvgIpc) is 2.44. The fourth-order valence-electron chi connectivity index (χ4n) is 3.41. The number of carbonyl (C=O) groups excluding carboxylic acids is 1. The molecule has 2 aliphatic rings. The molecule has 1 saturated heterocycles. The van der Waals surface area contributed by atoms with E-state index < -0.39 is 0 Å². The summed E-state index contributed by atoms with van der Waals surface area (Å²) in [4.78, 5) is 12.2. The van der Waals surface area contributed by atoms with E-state index in [1.807, 2.05) is 6.92 Å². The minimum absolute atomic E-state index is 0.0179. The van der Waals surface area contributed by atoms with E-state index in [4.69, 9.17) is 4.74 Å². The molecule has 4 unspecified atom stereocenters. The van der Waals surface area contributed by atoms with Crippen LogP contribution in [0, 0.1) is 5.92 Å². The highest BCUT2D eigenvalue weighted by Crippen LogP contribution is 2.32. The molecule has 1 aliphatic carbocycles. The van der Waals surface area contributed by atoms with Crippen LogP contribution in [0.3, 0.4) is 0 Å². The molecule has 0 aromatic heterocycles. The zero-order valence-electron chi connectivity index (χ0n) is 12.3. The van der Waals surface area contributed by atoms with Gasteiger partial charge >= 0.3 is 0 Å². The minimum Gasteiger partial charge on any atom is -0.385 e. The van der Waals surface area contributed by atoms with E-state index in [2.05, 4.69) is 10.6 Å². The van der Waals surface area contributed by atoms with E-state index in [1.165, 1.54) is 32.1 Å². The van der Waals surface area contributed by atoms with Crippen molar-refractivity contribution in [3.63, 3.8) is 0 Å². The number of ether oxygens (including phenoxy) is 1. The highest BCUT2D eigenvalue weighted by Gasteiger charge is 2.34. The molecular weight excluding hydrogens is 240 g/mol. The predicted octanol–water partition coefficient (Wildman–Crippen LogP) is 1.84. The van der Waals surface area contributed by atoms with E-state index in [1.54, 1.807) is 7.11 Å². The molecule has 2 rings (SSSR count). The van der Waals surface area contributed by atoms with Gasteiger partial charge in [0.2, 0.25) is 5.91 Å². The number of hydrogen-bond acceptors (Lipinski definition) is 3. The van der Waals surface area contributed by atoms with Crippen LogP contribution in [0.15, 0.2) is 0 Å². The van der Waals surface area contributed by atoms with Crippen molar-refractivity contribution < 1.29 is 9.53 Å². The molecular formula is C15H28N2O2. The highest BCUT2D eigenvalue weighted by atomic mass is 16.5. The third kappa shape index (κ3) is 4.18. The Morgan fingerprint density at radius 2 is 2.11 bits per heavy atom. The summed E-state index contributed by atoms with van der Waals surface area (Å²) in [6.45, 7) is 2.74. The van der Waals surface area contributed by atoms with Gasteiger partial charge in [-0.3, -0.25) is 4.79 Å². The fraction of sp³-hybridized carbons (Fsp3) is 0.933. The van der Waals surface area contributed by atoms with Gasteiger partial charge < -0.3 is 15.4 Å². The maximum Gasteiger partial charge on any atom is 0.237 e. The number of hydrogen-bond donors (Lipinski definition) is 2. The molecule has 0 bridgehead atoms. The van der Waals surface area contributed by atoms with Crippen LogP contribution in [0.4, 0.5) is 0 Å². The van der Waals surface area contributed by atoms with Crippen molar-refractivity contribution in [3.05, 3.63) is 0 Å². The standard InChI is InChI=1S/C15H28N2O2/c1-11(9-10-19-2)16-15(18)14-8-7-12-5-3-4-6-13(12)17-14/h11-14,17H,3-10H2,1-2H3,(H,16,18). The van der Waals surface area contributed by atoms with Gasteiger partial charge in [-0.15, -0.1) is 0 Å². The first-order chi connectivity index (χ1) is 9.20. The molecule has 110 valence electrons. The SMILES string of the molecule is COCCC(C)NC(=O)C1CCC2CCCCC2N1. The average molecular weight is 268 g/mol. The van der Waals surface area contributed by atoms with Gasteiger partial charge in [0, 0.05) is 25.8 Å². The zero-order valence-corrected chi connectivity index (χ0v) is 12.3. The van der Waals surface area contributed by atoms with Crippen LogP contribution in [0.5, 0.6) is 0 Å². The smallest absolute Gasteiger partial charge is 0.237 e. The van der Waals surface area contributed by atoms with Gasteiger partial charge in [-0.2, -0.15) is 0 Å². The summed E-state index contributed by atoms with van der Waals surface area (Å²) in [5.74, 6) is 0.983. The normalized spacial score (nSPS) is 32.4. The van der Waals surface area contributed by atoms with Crippen LogP contribution in [0.1, 0.15) is 51.9 Å². The molecule has 1 aliphatic heterocycles. The van der Waals surface area contributed by atoms with Gasteiger partial charge in [-0.05, 0) is 44.9 Å². The van der Waals surface area contributed by atoms with E-state index in [0.29, 0.717) is 12.6 Å². The second kappa shape index (κ2) is 7.25. The Morgan fingerprint density at radius 3 is 2.89 bits per heavy atom. The van der Waals surface area contributed by atoms with E-state index >= 15 is 0 Å². The molecule has 1 amide bonds. The van der Waals surface area contributed by atoms with Crippen molar-refractivity contribution >= 4 is 5.91 Å². The lowest BCUT2D eigenvalue weighted by molar-refractivity contribution is -0.125. The Balaban J connectivity index is 1.76. The Kier molecular flexibility index (Phi) is 5.64. The largest absolute Gasteiger partial charge is 0.385 e. The number of piperidine rings is 1.